The minimum Gasteiger partial charge on any atom is -0.508 e. The number of carbonyl (C=O) groups excluding carboxylic acids is 4. The van der Waals surface area contributed by atoms with Crippen molar-refractivity contribution in [3.8, 4) is 5.75 Å². The first-order valence-electron chi connectivity index (χ1n) is 14.2. The van der Waals surface area contributed by atoms with E-state index >= 15 is 0 Å². The van der Waals surface area contributed by atoms with Crippen molar-refractivity contribution in [2.75, 3.05) is 11.4 Å². The molecule has 6 atom stereocenters. The first-order chi connectivity index (χ1) is 20.1. The third-order valence-electron chi connectivity index (χ3n) is 10.1. The molecule has 42 heavy (non-hydrogen) atoms. The maximum absolute atomic E-state index is 14.5. The smallest absolute Gasteiger partial charge is 0.241 e. The fourth-order valence-electron chi connectivity index (χ4n) is 8.16. The van der Waals surface area contributed by atoms with E-state index in [9.17, 15) is 28.7 Å². The van der Waals surface area contributed by atoms with Crippen LogP contribution in [0, 0.1) is 34.9 Å². The van der Waals surface area contributed by atoms with Crippen LogP contribution in [0.25, 0.3) is 10.8 Å². The maximum Gasteiger partial charge on any atom is 0.241 e. The van der Waals surface area contributed by atoms with Crippen molar-refractivity contribution in [1.82, 2.24) is 4.90 Å². The summed E-state index contributed by atoms with van der Waals surface area (Å²) in [5.74, 6) is -5.40. The lowest BCUT2D eigenvalue weighted by Gasteiger charge is -2.49. The first kappa shape index (κ1) is 26.8. The molecular formula is C33H28ClFN2O5. The molecule has 214 valence electrons. The van der Waals surface area contributed by atoms with Crippen molar-refractivity contribution in [1.29, 1.82) is 0 Å². The van der Waals surface area contributed by atoms with Crippen molar-refractivity contribution in [2.24, 2.45) is 29.1 Å². The van der Waals surface area contributed by atoms with Gasteiger partial charge >= 0.3 is 0 Å². The number of allylic oxidation sites excluding steroid dienone is 2. The van der Waals surface area contributed by atoms with Gasteiger partial charge in [-0.25, -0.2) is 9.29 Å². The molecule has 7 nitrogen and oxygen atoms in total. The van der Waals surface area contributed by atoms with E-state index in [0.29, 0.717) is 12.0 Å². The second-order valence-corrected chi connectivity index (χ2v) is 12.3. The molecule has 0 radical (unpaired) electrons. The summed E-state index contributed by atoms with van der Waals surface area (Å²) in [5, 5.41) is 12.8. The number of phenols is 1. The number of imide groups is 2. The third kappa shape index (κ3) is 3.38. The molecule has 3 aromatic rings. The molecule has 2 aliphatic heterocycles. The molecule has 4 aliphatic rings. The number of anilines is 1. The van der Waals surface area contributed by atoms with E-state index in [1.54, 1.807) is 26.0 Å². The standard InChI is InChI=1S/C33H28ClFN2O5/c1-3-36-29(39)20-11-10-19-21(26(20)31(36)41)15-22-30(40)37(17-9-12-24(35)23(34)14-17)32(42)33(22,2)28(19)27-18-7-5-4-6-16(18)8-13-25(27)38/h4-10,12-14,20-22,26,28,38H,3,11,15H2,1-2H3/t20-,21+,22-,26-,28+,33+/m0/s1. The van der Waals surface area contributed by atoms with Gasteiger partial charge in [-0.15, -0.1) is 0 Å². The Morgan fingerprint density at radius 2 is 1.76 bits per heavy atom. The highest BCUT2D eigenvalue weighted by molar-refractivity contribution is 6.31. The van der Waals surface area contributed by atoms with Crippen molar-refractivity contribution in [3.05, 3.63) is 82.6 Å². The molecule has 9 heteroatoms. The second kappa shape index (κ2) is 9.23. The SMILES string of the molecule is CCN1C(=O)[C@H]2[C@H](CC=C3[C@H]2C[C@H]2C(=O)N(c4ccc(F)c(Cl)c4)C(=O)[C@@]2(C)[C@H]3c2c(O)ccc3ccccc23)C1=O. The third-order valence-corrected chi connectivity index (χ3v) is 10.4. The minimum absolute atomic E-state index is 0.0186. The zero-order valence-corrected chi connectivity index (χ0v) is 23.8. The van der Waals surface area contributed by atoms with Gasteiger partial charge in [0.25, 0.3) is 0 Å². The van der Waals surface area contributed by atoms with E-state index in [2.05, 4.69) is 0 Å². The number of fused-ring (bicyclic) bond motifs is 5. The summed E-state index contributed by atoms with van der Waals surface area (Å²) >= 11 is 6.06. The number of halogens is 2. The maximum atomic E-state index is 14.5. The quantitative estimate of drug-likeness (QED) is 0.319. The van der Waals surface area contributed by atoms with Gasteiger partial charge in [-0.3, -0.25) is 24.1 Å². The number of likely N-dealkylation sites (tertiary alicyclic amines) is 1. The Labute approximate surface area is 246 Å². The number of rotatable bonds is 3. The van der Waals surface area contributed by atoms with E-state index in [-0.39, 0.29) is 41.2 Å². The average molecular weight is 587 g/mol. The summed E-state index contributed by atoms with van der Waals surface area (Å²) in [4.78, 5) is 58.0. The normalized spacial score (nSPS) is 30.5. The van der Waals surface area contributed by atoms with E-state index in [1.165, 1.54) is 17.0 Å². The number of amides is 4. The van der Waals surface area contributed by atoms with E-state index in [4.69, 9.17) is 11.6 Å². The van der Waals surface area contributed by atoms with Gasteiger partial charge in [0.15, 0.2) is 0 Å². The van der Waals surface area contributed by atoms with E-state index < -0.39 is 52.6 Å². The summed E-state index contributed by atoms with van der Waals surface area (Å²) in [7, 11) is 0. The summed E-state index contributed by atoms with van der Waals surface area (Å²) < 4.78 is 14.1. The number of phenolic OH excluding ortho intramolecular Hbond substituents is 1. The van der Waals surface area contributed by atoms with Crippen LogP contribution in [-0.4, -0.2) is 40.2 Å². The Morgan fingerprint density at radius 1 is 1.00 bits per heavy atom. The molecular weight excluding hydrogens is 559 g/mol. The lowest BCUT2D eigenvalue weighted by Crippen LogP contribution is -2.49. The molecule has 3 fully saturated rings. The van der Waals surface area contributed by atoms with Crippen molar-refractivity contribution in [3.63, 3.8) is 0 Å². The van der Waals surface area contributed by atoms with Crippen LogP contribution in [0.5, 0.6) is 5.75 Å². The molecule has 2 saturated heterocycles. The van der Waals surface area contributed by atoms with Crippen LogP contribution in [-0.2, 0) is 19.2 Å². The highest BCUT2D eigenvalue weighted by Crippen LogP contribution is 2.65. The Balaban J connectivity index is 1.47. The van der Waals surface area contributed by atoms with Gasteiger partial charge in [-0.1, -0.05) is 53.6 Å². The van der Waals surface area contributed by atoms with Crippen molar-refractivity contribution < 1.29 is 28.7 Å². The number of aromatic hydroxyl groups is 1. The van der Waals surface area contributed by atoms with E-state index in [1.807, 2.05) is 30.3 Å². The molecule has 0 unspecified atom stereocenters. The Morgan fingerprint density at radius 3 is 2.50 bits per heavy atom. The summed E-state index contributed by atoms with van der Waals surface area (Å²) in [5.41, 5.74) is 0.123. The van der Waals surface area contributed by atoms with Crippen LogP contribution < -0.4 is 4.90 Å². The Kier molecular flexibility index (Phi) is 5.90. The molecule has 2 aliphatic carbocycles. The van der Waals surface area contributed by atoms with Crippen LogP contribution >= 0.6 is 11.6 Å². The fourth-order valence-corrected chi connectivity index (χ4v) is 8.33. The number of hydrogen-bond acceptors (Lipinski definition) is 5. The van der Waals surface area contributed by atoms with Gasteiger partial charge in [0.1, 0.15) is 11.6 Å². The zero-order valence-electron chi connectivity index (χ0n) is 23.0. The van der Waals surface area contributed by atoms with Gasteiger partial charge in [-0.2, -0.15) is 0 Å². The zero-order chi connectivity index (χ0) is 29.7. The summed E-state index contributed by atoms with van der Waals surface area (Å²) in [6, 6.07) is 14.6. The summed E-state index contributed by atoms with van der Waals surface area (Å²) in [6.45, 7) is 3.77. The van der Waals surface area contributed by atoms with Gasteiger partial charge in [-0.05, 0) is 67.6 Å². The molecule has 4 amide bonds. The molecule has 0 spiro atoms. The molecule has 1 N–H and O–H groups in total. The van der Waals surface area contributed by atoms with Crippen molar-refractivity contribution in [2.45, 2.75) is 32.6 Å². The Bertz CT molecular complexity index is 1770. The van der Waals surface area contributed by atoms with Crippen molar-refractivity contribution >= 4 is 51.7 Å². The minimum atomic E-state index is -1.34. The van der Waals surface area contributed by atoms with E-state index in [0.717, 1.165) is 27.3 Å². The number of nitrogens with zero attached hydrogens (tertiary/aromatic N) is 2. The molecule has 0 aromatic heterocycles. The van der Waals surface area contributed by atoms with Crippen LogP contribution in [0.1, 0.15) is 38.2 Å². The molecule has 3 aromatic carbocycles. The summed E-state index contributed by atoms with van der Waals surface area (Å²) in [6.07, 6.45) is 2.48. The lowest BCUT2D eigenvalue weighted by molar-refractivity contribution is -0.140. The first-order valence-corrected chi connectivity index (χ1v) is 14.6. The number of hydrogen-bond donors (Lipinski definition) is 1. The van der Waals surface area contributed by atoms with Crippen LogP contribution in [0.15, 0.2) is 66.2 Å². The van der Waals surface area contributed by atoms with Gasteiger partial charge < -0.3 is 5.11 Å². The van der Waals surface area contributed by atoms with Crippen LogP contribution in [0.3, 0.4) is 0 Å². The number of carbonyl (C=O) groups is 4. The fraction of sp³-hybridized carbons (Fsp3) is 0.333. The molecule has 7 rings (SSSR count). The molecule has 1 saturated carbocycles. The van der Waals surface area contributed by atoms with Crippen LogP contribution in [0.2, 0.25) is 5.02 Å². The Hall–Kier alpha value is -4.04. The topological polar surface area (TPSA) is 95.0 Å². The molecule has 0 bridgehead atoms. The average Bonchev–Trinajstić information content (AvgIpc) is 3.34. The molecule has 2 heterocycles. The largest absolute Gasteiger partial charge is 0.508 e. The highest BCUT2D eigenvalue weighted by atomic mass is 35.5. The number of benzene rings is 3. The van der Waals surface area contributed by atoms with Gasteiger partial charge in [0.2, 0.25) is 23.6 Å². The monoisotopic (exact) mass is 586 g/mol. The van der Waals surface area contributed by atoms with Gasteiger partial charge in [0.05, 0.1) is 33.9 Å². The lowest BCUT2D eigenvalue weighted by atomic mass is 9.51. The predicted octanol–water partition coefficient (Wildman–Crippen LogP) is 5.59. The second-order valence-electron chi connectivity index (χ2n) is 11.9. The highest BCUT2D eigenvalue weighted by Gasteiger charge is 2.68. The van der Waals surface area contributed by atoms with Crippen LogP contribution in [0.4, 0.5) is 10.1 Å². The predicted molar refractivity (Wildman–Crippen MR) is 154 cm³/mol. The van der Waals surface area contributed by atoms with Gasteiger partial charge in [0, 0.05) is 18.0 Å².